The fourth-order valence-corrected chi connectivity index (χ4v) is 0.966. The highest BCUT2D eigenvalue weighted by atomic mass is 16.5. The van der Waals surface area contributed by atoms with Gasteiger partial charge in [-0.25, -0.2) is 4.79 Å². The van der Waals surface area contributed by atoms with E-state index in [1.165, 1.54) is 13.2 Å². The van der Waals surface area contributed by atoms with E-state index in [0.29, 0.717) is 11.3 Å². The lowest BCUT2D eigenvalue weighted by Crippen LogP contribution is -2.12. The lowest BCUT2D eigenvalue weighted by molar-refractivity contribution is 0.150. The summed E-state index contributed by atoms with van der Waals surface area (Å²) in [6.45, 7) is 0.0615. The second-order valence-electron chi connectivity index (χ2n) is 2.61. The molecular formula is C9H11NO4. The van der Waals surface area contributed by atoms with Gasteiger partial charge in [-0.1, -0.05) is 6.07 Å². The molecule has 0 spiro atoms. The Balaban J connectivity index is 2.74. The number of carbonyl (C=O) groups is 1. The minimum absolute atomic E-state index is 0.0373. The zero-order valence-corrected chi connectivity index (χ0v) is 7.69. The topological polar surface area (TPSA) is 81.8 Å². The van der Waals surface area contributed by atoms with E-state index in [1.54, 1.807) is 12.1 Å². The molecule has 1 amide bonds. The maximum absolute atomic E-state index is 10.3. The molecule has 0 unspecified atom stereocenters. The third-order valence-corrected chi connectivity index (χ3v) is 1.63. The van der Waals surface area contributed by atoms with Crippen molar-refractivity contribution in [3.05, 3.63) is 23.8 Å². The molecule has 0 aliphatic rings. The van der Waals surface area contributed by atoms with Crippen molar-refractivity contribution in [2.75, 3.05) is 7.11 Å². The van der Waals surface area contributed by atoms with Crippen molar-refractivity contribution in [2.45, 2.75) is 6.61 Å². The molecule has 0 saturated heterocycles. The van der Waals surface area contributed by atoms with Crippen molar-refractivity contribution in [3.8, 4) is 11.5 Å². The molecular weight excluding hydrogens is 186 g/mol. The summed E-state index contributed by atoms with van der Waals surface area (Å²) in [6, 6.07) is 4.64. The van der Waals surface area contributed by atoms with Gasteiger partial charge in [0, 0.05) is 0 Å². The first-order chi connectivity index (χ1) is 6.63. The summed E-state index contributed by atoms with van der Waals surface area (Å²) in [5, 5.41) is 9.25. The molecule has 1 aromatic carbocycles. The van der Waals surface area contributed by atoms with E-state index < -0.39 is 6.09 Å². The molecule has 0 aliphatic carbocycles. The number of nitrogens with two attached hydrogens (primary N) is 1. The Morgan fingerprint density at radius 3 is 2.86 bits per heavy atom. The number of methoxy groups -OCH3 is 1. The minimum atomic E-state index is -0.836. The van der Waals surface area contributed by atoms with Crippen LogP contribution >= 0.6 is 0 Å². The zero-order valence-electron chi connectivity index (χ0n) is 7.69. The van der Waals surface area contributed by atoms with Crippen LogP contribution in [0.5, 0.6) is 11.5 Å². The number of rotatable bonds is 3. The maximum atomic E-state index is 10.3. The summed E-state index contributed by atoms with van der Waals surface area (Å²) in [7, 11) is 1.44. The fourth-order valence-electron chi connectivity index (χ4n) is 0.966. The Morgan fingerprint density at radius 2 is 2.29 bits per heavy atom. The van der Waals surface area contributed by atoms with Crippen LogP contribution in [-0.4, -0.2) is 18.3 Å². The Labute approximate surface area is 81.0 Å². The molecule has 76 valence electrons. The summed E-state index contributed by atoms with van der Waals surface area (Å²) in [5.74, 6) is 0.367. The average molecular weight is 197 g/mol. The molecule has 0 aliphatic heterocycles. The van der Waals surface area contributed by atoms with Crippen LogP contribution in [0.1, 0.15) is 5.56 Å². The quantitative estimate of drug-likeness (QED) is 0.757. The van der Waals surface area contributed by atoms with Crippen LogP contribution in [-0.2, 0) is 11.3 Å². The van der Waals surface area contributed by atoms with Crippen molar-refractivity contribution < 1.29 is 19.4 Å². The first-order valence-corrected chi connectivity index (χ1v) is 3.91. The monoisotopic (exact) mass is 197 g/mol. The van der Waals surface area contributed by atoms with Gasteiger partial charge in [-0.05, 0) is 17.7 Å². The lowest BCUT2D eigenvalue weighted by Gasteiger charge is -2.06. The summed E-state index contributed by atoms with van der Waals surface area (Å²) < 4.78 is 9.44. The highest BCUT2D eigenvalue weighted by Gasteiger charge is 2.03. The van der Waals surface area contributed by atoms with Crippen molar-refractivity contribution in [3.63, 3.8) is 0 Å². The normalized spacial score (nSPS) is 9.50. The SMILES string of the molecule is COc1cc(COC(N)=O)ccc1O. The highest BCUT2D eigenvalue weighted by Crippen LogP contribution is 2.26. The van der Waals surface area contributed by atoms with E-state index >= 15 is 0 Å². The van der Waals surface area contributed by atoms with E-state index in [1.807, 2.05) is 0 Å². The van der Waals surface area contributed by atoms with Gasteiger partial charge in [-0.15, -0.1) is 0 Å². The summed E-state index contributed by atoms with van der Waals surface area (Å²) in [5.41, 5.74) is 5.49. The molecule has 1 rings (SSSR count). The number of amides is 1. The third-order valence-electron chi connectivity index (χ3n) is 1.63. The number of hydrogen-bond acceptors (Lipinski definition) is 4. The summed E-state index contributed by atoms with van der Waals surface area (Å²) >= 11 is 0. The first-order valence-electron chi connectivity index (χ1n) is 3.91. The van der Waals surface area contributed by atoms with Gasteiger partial charge in [0.25, 0.3) is 0 Å². The van der Waals surface area contributed by atoms with Crippen LogP contribution < -0.4 is 10.5 Å². The molecule has 1 aromatic rings. The minimum Gasteiger partial charge on any atom is -0.504 e. The molecule has 0 fully saturated rings. The third kappa shape index (κ3) is 2.55. The van der Waals surface area contributed by atoms with Crippen LogP contribution in [0.25, 0.3) is 0 Å². The number of primary amides is 1. The van der Waals surface area contributed by atoms with E-state index in [0.717, 1.165) is 0 Å². The second kappa shape index (κ2) is 4.36. The smallest absolute Gasteiger partial charge is 0.404 e. The standard InChI is InChI=1S/C9H11NO4/c1-13-8-4-6(2-3-7(8)11)5-14-9(10)12/h2-4,11H,5H2,1H3,(H2,10,12). The van der Waals surface area contributed by atoms with Crippen molar-refractivity contribution in [1.82, 2.24) is 0 Å². The van der Waals surface area contributed by atoms with Crippen molar-refractivity contribution in [2.24, 2.45) is 5.73 Å². The molecule has 0 atom stereocenters. The van der Waals surface area contributed by atoms with Gasteiger partial charge in [0.15, 0.2) is 11.5 Å². The summed E-state index contributed by atoms with van der Waals surface area (Å²) in [6.07, 6.45) is -0.836. The summed E-state index contributed by atoms with van der Waals surface area (Å²) in [4.78, 5) is 10.3. The van der Waals surface area contributed by atoms with Crippen LogP contribution in [0.3, 0.4) is 0 Å². The molecule has 0 saturated carbocycles. The van der Waals surface area contributed by atoms with Crippen LogP contribution in [0.4, 0.5) is 4.79 Å². The predicted octanol–water partition coefficient (Wildman–Crippen LogP) is 0.996. The number of phenolic OH excluding ortho intramolecular Hbond substituents is 1. The molecule has 3 N–H and O–H groups in total. The molecule has 0 radical (unpaired) electrons. The molecule has 14 heavy (non-hydrogen) atoms. The van der Waals surface area contributed by atoms with Crippen molar-refractivity contribution >= 4 is 6.09 Å². The molecule has 5 heteroatoms. The average Bonchev–Trinajstić information content (AvgIpc) is 2.16. The predicted molar refractivity (Wildman–Crippen MR) is 49.0 cm³/mol. The van der Waals surface area contributed by atoms with Gasteiger partial charge in [0.05, 0.1) is 7.11 Å². The highest BCUT2D eigenvalue weighted by molar-refractivity contribution is 5.64. The number of carbonyl (C=O) groups excluding carboxylic acids is 1. The van der Waals surface area contributed by atoms with E-state index in [-0.39, 0.29) is 12.4 Å². The number of hydrogen-bond donors (Lipinski definition) is 2. The Bertz CT molecular complexity index is 338. The zero-order chi connectivity index (χ0) is 10.6. The van der Waals surface area contributed by atoms with E-state index in [9.17, 15) is 9.90 Å². The van der Waals surface area contributed by atoms with Gasteiger partial charge < -0.3 is 20.3 Å². The number of ether oxygens (including phenoxy) is 2. The van der Waals surface area contributed by atoms with Gasteiger partial charge in [-0.2, -0.15) is 0 Å². The number of aromatic hydroxyl groups is 1. The first kappa shape index (κ1) is 10.2. The molecule has 5 nitrogen and oxygen atoms in total. The Hall–Kier alpha value is -1.91. The second-order valence-corrected chi connectivity index (χ2v) is 2.61. The van der Waals surface area contributed by atoms with E-state index in [4.69, 9.17) is 10.5 Å². The van der Waals surface area contributed by atoms with Crippen LogP contribution in [0.2, 0.25) is 0 Å². The van der Waals surface area contributed by atoms with Crippen molar-refractivity contribution in [1.29, 1.82) is 0 Å². The van der Waals surface area contributed by atoms with Crippen LogP contribution in [0, 0.1) is 0 Å². The number of phenols is 1. The van der Waals surface area contributed by atoms with Gasteiger partial charge in [-0.3, -0.25) is 0 Å². The Kier molecular flexibility index (Phi) is 3.17. The maximum Gasteiger partial charge on any atom is 0.404 e. The van der Waals surface area contributed by atoms with Gasteiger partial charge >= 0.3 is 6.09 Å². The van der Waals surface area contributed by atoms with Crippen LogP contribution in [0.15, 0.2) is 18.2 Å². The Morgan fingerprint density at radius 1 is 1.57 bits per heavy atom. The molecule has 0 bridgehead atoms. The van der Waals surface area contributed by atoms with Gasteiger partial charge in [0.1, 0.15) is 6.61 Å². The molecule has 0 aromatic heterocycles. The molecule has 0 heterocycles. The fraction of sp³-hybridized carbons (Fsp3) is 0.222. The number of benzene rings is 1. The van der Waals surface area contributed by atoms with Gasteiger partial charge in [0.2, 0.25) is 0 Å². The largest absolute Gasteiger partial charge is 0.504 e. The van der Waals surface area contributed by atoms with E-state index in [2.05, 4.69) is 4.74 Å². The lowest BCUT2D eigenvalue weighted by atomic mass is 10.2.